The van der Waals surface area contributed by atoms with E-state index in [-0.39, 0.29) is 23.4 Å². The van der Waals surface area contributed by atoms with Crippen LogP contribution in [0.25, 0.3) is 10.9 Å². The highest BCUT2D eigenvalue weighted by Crippen LogP contribution is 2.39. The maximum atomic E-state index is 15.3. The van der Waals surface area contributed by atoms with Crippen LogP contribution in [0.2, 0.25) is 0 Å². The first-order chi connectivity index (χ1) is 15.9. The molecule has 1 aliphatic carbocycles. The van der Waals surface area contributed by atoms with Gasteiger partial charge in [0.05, 0.1) is 16.6 Å². The van der Waals surface area contributed by atoms with E-state index in [0.717, 1.165) is 25.0 Å². The molecular weight excluding hydrogens is 425 g/mol. The number of rotatable bonds is 6. The van der Waals surface area contributed by atoms with Crippen LogP contribution in [0.5, 0.6) is 5.75 Å². The van der Waals surface area contributed by atoms with Crippen molar-refractivity contribution in [3.05, 3.63) is 68.6 Å². The van der Waals surface area contributed by atoms with Crippen LogP contribution in [0.3, 0.4) is 0 Å². The highest BCUT2D eigenvalue weighted by molar-refractivity contribution is 5.87. The molecule has 3 aromatic rings. The summed E-state index contributed by atoms with van der Waals surface area (Å²) < 4.78 is 23.3. The molecule has 0 unspecified atom stereocenters. The van der Waals surface area contributed by atoms with Crippen LogP contribution in [0, 0.1) is 18.7 Å². The largest absolute Gasteiger partial charge is 0.492 e. The molecule has 1 aliphatic heterocycles. The lowest BCUT2D eigenvalue weighted by Crippen LogP contribution is -2.44. The van der Waals surface area contributed by atoms with E-state index < -0.39 is 17.1 Å². The van der Waals surface area contributed by atoms with Gasteiger partial charge in [-0.3, -0.25) is 9.36 Å². The number of para-hydroxylation sites is 1. The number of aryl methyl sites for hydroxylation is 1. The van der Waals surface area contributed by atoms with E-state index in [0.29, 0.717) is 41.1 Å². The standard InChI is InChI=1S/C24H28FN5O3/c1-14-21-18(23(31)30(27)24(32)29(21)16-7-8-16)11-19(25)22(14)28-10-9-15(12-28)20(26)13-33-17-5-3-2-4-6-17/h2-6,11,15-16,20H,7-10,12-13,26-27H2,1H3/t15-,20+/m1/s1. The van der Waals surface area contributed by atoms with Gasteiger partial charge in [-0.05, 0) is 50.3 Å². The molecule has 2 atom stereocenters. The summed E-state index contributed by atoms with van der Waals surface area (Å²) in [6, 6.07) is 10.5. The van der Waals surface area contributed by atoms with Crippen molar-refractivity contribution >= 4 is 16.6 Å². The van der Waals surface area contributed by atoms with Crippen molar-refractivity contribution in [1.29, 1.82) is 0 Å². The van der Waals surface area contributed by atoms with Gasteiger partial charge >= 0.3 is 5.69 Å². The molecule has 0 bridgehead atoms. The number of halogens is 1. The maximum absolute atomic E-state index is 15.3. The van der Waals surface area contributed by atoms with Crippen LogP contribution in [0.1, 0.15) is 30.9 Å². The molecule has 9 heteroatoms. The lowest BCUT2D eigenvalue weighted by Gasteiger charge is -2.25. The van der Waals surface area contributed by atoms with Gasteiger partial charge in [-0.25, -0.2) is 9.18 Å². The summed E-state index contributed by atoms with van der Waals surface area (Å²) in [6.07, 6.45) is 2.47. The number of fused-ring (bicyclic) bond motifs is 1. The Bertz CT molecular complexity index is 1320. The highest BCUT2D eigenvalue weighted by atomic mass is 19.1. The third kappa shape index (κ3) is 3.76. The van der Waals surface area contributed by atoms with Crippen molar-refractivity contribution < 1.29 is 9.13 Å². The Hall–Kier alpha value is -3.33. The Kier molecular flexibility index (Phi) is 5.36. The number of hydrogen-bond donors (Lipinski definition) is 2. The summed E-state index contributed by atoms with van der Waals surface area (Å²) in [5.74, 6) is 6.11. The Labute approximate surface area is 190 Å². The first-order valence-electron chi connectivity index (χ1n) is 11.3. The Morgan fingerprint density at radius 2 is 1.91 bits per heavy atom. The number of nitrogens with zero attached hydrogens (tertiary/aromatic N) is 3. The van der Waals surface area contributed by atoms with Gasteiger partial charge in [0.15, 0.2) is 0 Å². The normalized spacial score (nSPS) is 19.2. The minimum Gasteiger partial charge on any atom is -0.492 e. The minimum atomic E-state index is -0.681. The number of ether oxygens (including phenoxy) is 1. The molecule has 8 nitrogen and oxygen atoms in total. The summed E-state index contributed by atoms with van der Waals surface area (Å²) in [7, 11) is 0. The second kappa shape index (κ2) is 8.22. The molecule has 1 saturated heterocycles. The highest BCUT2D eigenvalue weighted by Gasteiger charge is 2.33. The number of aromatic nitrogens is 2. The van der Waals surface area contributed by atoms with Gasteiger partial charge in [-0.2, -0.15) is 4.68 Å². The average Bonchev–Trinajstić information content (AvgIpc) is 3.53. The van der Waals surface area contributed by atoms with Gasteiger partial charge in [0, 0.05) is 30.7 Å². The molecule has 2 fully saturated rings. The lowest BCUT2D eigenvalue weighted by atomic mass is 10.0. The van der Waals surface area contributed by atoms with E-state index in [1.165, 1.54) is 6.07 Å². The van der Waals surface area contributed by atoms with Gasteiger partial charge in [-0.15, -0.1) is 0 Å². The van der Waals surface area contributed by atoms with E-state index in [4.69, 9.17) is 16.3 Å². The maximum Gasteiger partial charge on any atom is 0.350 e. The molecule has 5 rings (SSSR count). The van der Waals surface area contributed by atoms with Crippen molar-refractivity contribution in [3.63, 3.8) is 0 Å². The molecule has 33 heavy (non-hydrogen) atoms. The molecule has 0 spiro atoms. The number of nitrogens with two attached hydrogens (primary N) is 2. The molecule has 4 N–H and O–H groups in total. The first-order valence-corrected chi connectivity index (χ1v) is 11.3. The molecular formula is C24H28FN5O3. The first kappa shape index (κ1) is 21.5. The zero-order valence-corrected chi connectivity index (χ0v) is 18.5. The number of nitrogen functional groups attached to an aromatic ring is 1. The fraction of sp³-hybridized carbons (Fsp3) is 0.417. The smallest absolute Gasteiger partial charge is 0.350 e. The molecule has 1 aromatic heterocycles. The van der Waals surface area contributed by atoms with Gasteiger partial charge in [0.2, 0.25) is 0 Å². The van der Waals surface area contributed by atoms with E-state index in [2.05, 4.69) is 0 Å². The molecule has 2 heterocycles. The zero-order chi connectivity index (χ0) is 23.3. The second-order valence-electron chi connectivity index (χ2n) is 9.07. The van der Waals surface area contributed by atoms with Gasteiger partial charge < -0.3 is 21.2 Å². The summed E-state index contributed by atoms with van der Waals surface area (Å²) in [5.41, 5.74) is 6.66. The third-order valence-corrected chi connectivity index (χ3v) is 6.81. The quantitative estimate of drug-likeness (QED) is 0.552. The monoisotopic (exact) mass is 453 g/mol. The Morgan fingerprint density at radius 1 is 1.18 bits per heavy atom. The molecule has 1 saturated carbocycles. The summed E-state index contributed by atoms with van der Waals surface area (Å²) in [5, 5.41) is 0.131. The van der Waals surface area contributed by atoms with Crippen molar-refractivity contribution in [2.24, 2.45) is 11.7 Å². The molecule has 2 aromatic carbocycles. The van der Waals surface area contributed by atoms with Gasteiger partial charge in [-0.1, -0.05) is 18.2 Å². The molecule has 2 aliphatic rings. The van der Waals surface area contributed by atoms with Crippen LogP contribution in [-0.4, -0.2) is 35.0 Å². The van der Waals surface area contributed by atoms with Crippen LogP contribution in [0.4, 0.5) is 10.1 Å². The summed E-state index contributed by atoms with van der Waals surface area (Å²) in [6.45, 7) is 3.35. The average molecular weight is 454 g/mol. The summed E-state index contributed by atoms with van der Waals surface area (Å²) >= 11 is 0. The van der Waals surface area contributed by atoms with Crippen molar-refractivity contribution in [3.8, 4) is 5.75 Å². The fourth-order valence-corrected chi connectivity index (χ4v) is 4.90. The van der Waals surface area contributed by atoms with Crippen LogP contribution in [-0.2, 0) is 0 Å². The van der Waals surface area contributed by atoms with Crippen molar-refractivity contribution in [2.75, 3.05) is 30.4 Å². The molecule has 0 radical (unpaired) electrons. The Balaban J connectivity index is 1.44. The van der Waals surface area contributed by atoms with E-state index in [9.17, 15) is 9.59 Å². The van der Waals surface area contributed by atoms with Gasteiger partial charge in [0.25, 0.3) is 5.56 Å². The van der Waals surface area contributed by atoms with Crippen molar-refractivity contribution in [2.45, 2.75) is 38.3 Å². The molecule has 174 valence electrons. The van der Waals surface area contributed by atoms with Crippen LogP contribution >= 0.6 is 0 Å². The minimum absolute atomic E-state index is 0.0118. The molecule has 0 amide bonds. The van der Waals surface area contributed by atoms with E-state index in [1.807, 2.05) is 35.2 Å². The van der Waals surface area contributed by atoms with Crippen molar-refractivity contribution in [1.82, 2.24) is 9.24 Å². The fourth-order valence-electron chi connectivity index (χ4n) is 4.90. The van der Waals surface area contributed by atoms with E-state index in [1.54, 1.807) is 11.5 Å². The predicted octanol–water partition coefficient (Wildman–Crippen LogP) is 1.89. The summed E-state index contributed by atoms with van der Waals surface area (Å²) in [4.78, 5) is 27.3. The zero-order valence-electron chi connectivity index (χ0n) is 18.5. The predicted molar refractivity (Wildman–Crippen MR) is 126 cm³/mol. The number of benzene rings is 2. The topological polar surface area (TPSA) is 109 Å². The number of hydrogen-bond acceptors (Lipinski definition) is 6. The Morgan fingerprint density at radius 3 is 2.61 bits per heavy atom. The third-order valence-electron chi connectivity index (χ3n) is 6.81. The van der Waals surface area contributed by atoms with Crippen LogP contribution < -0.4 is 32.5 Å². The van der Waals surface area contributed by atoms with E-state index >= 15 is 4.39 Å². The second-order valence-corrected chi connectivity index (χ2v) is 9.07. The number of anilines is 1. The SMILES string of the molecule is Cc1c(N2CC[C@@H]([C@@H](N)COc3ccccc3)C2)c(F)cc2c(=O)n(N)c(=O)n(C3CC3)c12. The lowest BCUT2D eigenvalue weighted by molar-refractivity contribution is 0.253. The van der Waals surface area contributed by atoms with Gasteiger partial charge in [0.1, 0.15) is 18.2 Å². The van der Waals surface area contributed by atoms with Crippen LogP contribution in [0.15, 0.2) is 46.0 Å².